The van der Waals surface area contributed by atoms with Crippen LogP contribution in [0, 0.1) is 0 Å². The lowest BCUT2D eigenvalue weighted by atomic mass is 10.2. The molecule has 0 radical (unpaired) electrons. The first-order valence-corrected chi connectivity index (χ1v) is 4.92. The Balaban J connectivity index is 2.20. The Labute approximate surface area is 92.1 Å². The minimum absolute atomic E-state index is 0.0114. The average molecular weight is 220 g/mol. The molecule has 0 saturated heterocycles. The highest BCUT2D eigenvalue weighted by Gasteiger charge is 2.15. The molecule has 84 valence electrons. The Bertz CT molecular complexity index is 443. The summed E-state index contributed by atoms with van der Waals surface area (Å²) in [6.07, 6.45) is 2.04. The van der Waals surface area contributed by atoms with Crippen LogP contribution < -0.4 is 5.73 Å². The van der Waals surface area contributed by atoms with Gasteiger partial charge in [-0.1, -0.05) is 11.2 Å². The van der Waals surface area contributed by atoms with E-state index in [0.717, 1.165) is 0 Å². The molecule has 0 fully saturated rings. The van der Waals surface area contributed by atoms with Crippen molar-refractivity contribution in [2.24, 2.45) is 5.73 Å². The molecule has 16 heavy (non-hydrogen) atoms. The quantitative estimate of drug-likeness (QED) is 0.779. The molecule has 0 aliphatic rings. The molecule has 1 atom stereocenters. The molecular weight excluding hydrogens is 208 g/mol. The van der Waals surface area contributed by atoms with Crippen molar-refractivity contribution in [2.75, 3.05) is 6.61 Å². The van der Waals surface area contributed by atoms with Crippen LogP contribution >= 0.6 is 0 Å². The zero-order valence-electron chi connectivity index (χ0n) is 8.58. The molecule has 0 amide bonds. The number of aliphatic hydroxyl groups excluding tert-OH is 1. The van der Waals surface area contributed by atoms with E-state index < -0.39 is 6.04 Å². The molecule has 2 aromatic rings. The molecule has 0 saturated carbocycles. The van der Waals surface area contributed by atoms with E-state index in [0.29, 0.717) is 23.8 Å². The molecule has 2 heterocycles. The predicted octanol–water partition coefficient (Wildman–Crippen LogP) is 0.514. The minimum atomic E-state index is -0.435. The van der Waals surface area contributed by atoms with Gasteiger partial charge in [-0.25, -0.2) is 0 Å². The normalized spacial score (nSPS) is 12.6. The molecule has 0 aliphatic heterocycles. The maximum absolute atomic E-state index is 8.74. The lowest BCUT2D eigenvalue weighted by Crippen LogP contribution is -2.12. The highest BCUT2D eigenvalue weighted by molar-refractivity contribution is 5.47. The average Bonchev–Trinajstić information content (AvgIpc) is 2.80. The zero-order valence-corrected chi connectivity index (χ0v) is 8.58. The van der Waals surface area contributed by atoms with Gasteiger partial charge >= 0.3 is 0 Å². The van der Waals surface area contributed by atoms with E-state index in [2.05, 4.69) is 15.1 Å². The second-order valence-corrected chi connectivity index (χ2v) is 3.29. The number of hydrogen-bond donors (Lipinski definition) is 2. The third-order valence-electron chi connectivity index (χ3n) is 2.09. The number of hydrogen-bond acceptors (Lipinski definition) is 6. The van der Waals surface area contributed by atoms with Crippen molar-refractivity contribution >= 4 is 0 Å². The van der Waals surface area contributed by atoms with E-state index in [9.17, 15) is 0 Å². The first-order valence-electron chi connectivity index (χ1n) is 4.92. The zero-order chi connectivity index (χ0) is 11.4. The van der Waals surface area contributed by atoms with Gasteiger partial charge in [0.05, 0.1) is 6.04 Å². The van der Waals surface area contributed by atoms with Crippen molar-refractivity contribution in [1.82, 2.24) is 15.1 Å². The van der Waals surface area contributed by atoms with E-state index in [4.69, 9.17) is 15.4 Å². The van der Waals surface area contributed by atoms with Crippen molar-refractivity contribution in [3.63, 3.8) is 0 Å². The van der Waals surface area contributed by atoms with Gasteiger partial charge in [-0.2, -0.15) is 4.98 Å². The van der Waals surface area contributed by atoms with Gasteiger partial charge in [0.15, 0.2) is 0 Å². The summed E-state index contributed by atoms with van der Waals surface area (Å²) in [5.74, 6) is 0.721. The fourth-order valence-corrected chi connectivity index (χ4v) is 1.25. The van der Waals surface area contributed by atoms with Crippen molar-refractivity contribution in [1.29, 1.82) is 0 Å². The standard InChI is InChI=1S/C10H12N4O2/c11-7(4-6-15)10-13-9(14-16-10)8-3-1-2-5-12-8/h1-3,5,7,15H,4,6,11H2. The fourth-order valence-electron chi connectivity index (χ4n) is 1.25. The summed E-state index contributed by atoms with van der Waals surface area (Å²) in [6.45, 7) is -0.0114. The van der Waals surface area contributed by atoms with E-state index in [1.54, 1.807) is 12.3 Å². The Hall–Kier alpha value is -1.79. The molecule has 0 aromatic carbocycles. The number of aliphatic hydroxyl groups is 1. The first kappa shape index (κ1) is 10.7. The van der Waals surface area contributed by atoms with Crippen molar-refractivity contribution < 1.29 is 9.63 Å². The summed E-state index contributed by atoms with van der Waals surface area (Å²) in [4.78, 5) is 8.22. The second kappa shape index (κ2) is 4.82. The van der Waals surface area contributed by atoms with Gasteiger partial charge < -0.3 is 15.4 Å². The van der Waals surface area contributed by atoms with Crippen molar-refractivity contribution in [3.05, 3.63) is 30.3 Å². The minimum Gasteiger partial charge on any atom is -0.396 e. The fraction of sp³-hybridized carbons (Fsp3) is 0.300. The molecule has 2 rings (SSSR count). The van der Waals surface area contributed by atoms with Gasteiger partial charge in [-0.3, -0.25) is 4.98 Å². The number of nitrogens with two attached hydrogens (primary N) is 1. The monoisotopic (exact) mass is 220 g/mol. The molecule has 0 spiro atoms. The molecule has 6 heteroatoms. The highest BCUT2D eigenvalue weighted by atomic mass is 16.5. The van der Waals surface area contributed by atoms with Gasteiger partial charge in [-0.05, 0) is 18.6 Å². The lowest BCUT2D eigenvalue weighted by molar-refractivity contribution is 0.259. The van der Waals surface area contributed by atoms with Crippen LogP contribution in [0.5, 0.6) is 0 Å². The number of nitrogens with zero attached hydrogens (tertiary/aromatic N) is 3. The van der Waals surface area contributed by atoms with Gasteiger partial charge in [0.1, 0.15) is 5.69 Å². The van der Waals surface area contributed by atoms with Crippen LogP contribution in [0.15, 0.2) is 28.9 Å². The summed E-state index contributed by atoms with van der Waals surface area (Å²) in [5, 5.41) is 12.5. The summed E-state index contributed by atoms with van der Waals surface area (Å²) in [5.41, 5.74) is 6.35. The summed E-state index contributed by atoms with van der Waals surface area (Å²) < 4.78 is 5.00. The molecule has 0 aliphatic carbocycles. The van der Waals surface area contributed by atoms with E-state index in [1.165, 1.54) is 0 Å². The van der Waals surface area contributed by atoms with Crippen LogP contribution in [0.25, 0.3) is 11.5 Å². The van der Waals surface area contributed by atoms with Crippen LogP contribution in [0.4, 0.5) is 0 Å². The first-order chi connectivity index (χ1) is 7.81. The summed E-state index contributed by atoms with van der Waals surface area (Å²) >= 11 is 0. The van der Waals surface area contributed by atoms with Gasteiger partial charge in [0.25, 0.3) is 0 Å². The van der Waals surface area contributed by atoms with Crippen LogP contribution in [-0.4, -0.2) is 26.8 Å². The van der Waals surface area contributed by atoms with E-state index in [1.807, 2.05) is 12.1 Å². The lowest BCUT2D eigenvalue weighted by Gasteiger charge is -2.01. The highest BCUT2D eigenvalue weighted by Crippen LogP contribution is 2.16. The maximum atomic E-state index is 8.74. The molecule has 0 bridgehead atoms. The molecule has 3 N–H and O–H groups in total. The molecular formula is C10H12N4O2. The van der Waals surface area contributed by atoms with Gasteiger partial charge in [0.2, 0.25) is 11.7 Å². The Morgan fingerprint density at radius 2 is 2.31 bits per heavy atom. The van der Waals surface area contributed by atoms with Crippen LogP contribution in [0.1, 0.15) is 18.4 Å². The van der Waals surface area contributed by atoms with E-state index >= 15 is 0 Å². The van der Waals surface area contributed by atoms with Gasteiger partial charge in [-0.15, -0.1) is 0 Å². The van der Waals surface area contributed by atoms with Crippen molar-refractivity contribution in [3.8, 4) is 11.5 Å². The topological polar surface area (TPSA) is 98.1 Å². The SMILES string of the molecule is NC(CCO)c1nc(-c2ccccn2)no1. The molecule has 2 aromatic heterocycles. The Morgan fingerprint density at radius 1 is 1.44 bits per heavy atom. The third-order valence-corrected chi connectivity index (χ3v) is 2.09. The number of pyridine rings is 1. The predicted molar refractivity (Wildman–Crippen MR) is 56.2 cm³/mol. The van der Waals surface area contributed by atoms with Crippen LogP contribution in [0.3, 0.4) is 0 Å². The molecule has 1 unspecified atom stereocenters. The van der Waals surface area contributed by atoms with Crippen molar-refractivity contribution in [2.45, 2.75) is 12.5 Å². The van der Waals surface area contributed by atoms with Crippen LogP contribution in [0.2, 0.25) is 0 Å². The number of rotatable bonds is 4. The van der Waals surface area contributed by atoms with Gasteiger partial charge in [0, 0.05) is 12.8 Å². The smallest absolute Gasteiger partial charge is 0.244 e. The number of aromatic nitrogens is 3. The largest absolute Gasteiger partial charge is 0.396 e. The van der Waals surface area contributed by atoms with E-state index in [-0.39, 0.29) is 6.61 Å². The summed E-state index contributed by atoms with van der Waals surface area (Å²) in [7, 11) is 0. The van der Waals surface area contributed by atoms with Crippen LogP contribution in [-0.2, 0) is 0 Å². The Kier molecular flexibility index (Phi) is 3.23. The maximum Gasteiger partial charge on any atom is 0.244 e. The third kappa shape index (κ3) is 2.23. The molecule has 6 nitrogen and oxygen atoms in total. The summed E-state index contributed by atoms with van der Waals surface area (Å²) in [6, 6.07) is 5.00. The second-order valence-electron chi connectivity index (χ2n) is 3.29. The Morgan fingerprint density at radius 3 is 3.00 bits per heavy atom.